The van der Waals surface area contributed by atoms with Gasteiger partial charge in [-0.1, -0.05) is 30.3 Å². The zero-order valence-corrected chi connectivity index (χ0v) is 14.9. The van der Waals surface area contributed by atoms with Crippen LogP contribution in [0.3, 0.4) is 0 Å². The normalized spacial score (nSPS) is 19.8. The summed E-state index contributed by atoms with van der Waals surface area (Å²) in [4.78, 5) is 7.07. The monoisotopic (exact) mass is 350 g/mol. The Morgan fingerprint density at radius 3 is 2.83 bits per heavy atom. The van der Waals surface area contributed by atoms with Gasteiger partial charge in [-0.25, -0.2) is 13.4 Å². The standard InChI is InChI=1S/C17H22N2O2S2/c1-23(20,21)13-14-6-5-9-19(10-14)11-17-18-16(12-22-17)15-7-3-2-4-8-15/h2-4,7-8,12,14H,5-6,9-11,13H2,1H3/t14-/m0/s1. The summed E-state index contributed by atoms with van der Waals surface area (Å²) in [6, 6.07) is 10.2. The molecule has 0 saturated carbocycles. The molecule has 0 amide bonds. The molecule has 124 valence electrons. The second-order valence-corrected chi connectivity index (χ2v) is 9.46. The summed E-state index contributed by atoms with van der Waals surface area (Å²) >= 11 is 1.68. The SMILES string of the molecule is CS(=O)(=O)C[C@H]1CCCN(Cc2nc(-c3ccccc3)cs2)C1. The first-order valence-corrected chi connectivity index (χ1v) is 10.8. The molecule has 1 aliphatic heterocycles. The van der Waals surface area contributed by atoms with E-state index in [2.05, 4.69) is 22.4 Å². The number of aromatic nitrogens is 1. The summed E-state index contributed by atoms with van der Waals surface area (Å²) in [7, 11) is -2.89. The molecular weight excluding hydrogens is 328 g/mol. The highest BCUT2D eigenvalue weighted by Gasteiger charge is 2.23. The zero-order chi connectivity index (χ0) is 16.3. The maximum absolute atomic E-state index is 11.5. The molecule has 1 saturated heterocycles. The molecule has 0 spiro atoms. The smallest absolute Gasteiger partial charge is 0.147 e. The van der Waals surface area contributed by atoms with Gasteiger partial charge in [0.2, 0.25) is 0 Å². The van der Waals surface area contributed by atoms with Crippen molar-refractivity contribution in [3.05, 3.63) is 40.7 Å². The predicted molar refractivity (Wildman–Crippen MR) is 95.3 cm³/mol. The highest BCUT2D eigenvalue weighted by molar-refractivity contribution is 7.90. The fourth-order valence-electron chi connectivity index (χ4n) is 3.18. The Hall–Kier alpha value is -1.24. The van der Waals surface area contributed by atoms with Crippen LogP contribution in [0.25, 0.3) is 11.3 Å². The largest absolute Gasteiger partial charge is 0.296 e. The molecule has 3 rings (SSSR count). The lowest BCUT2D eigenvalue weighted by Crippen LogP contribution is -2.37. The number of piperidine rings is 1. The van der Waals surface area contributed by atoms with Crippen molar-refractivity contribution < 1.29 is 8.42 Å². The second kappa shape index (κ2) is 7.11. The van der Waals surface area contributed by atoms with Crippen LogP contribution in [0.5, 0.6) is 0 Å². The highest BCUT2D eigenvalue weighted by atomic mass is 32.2. The fraction of sp³-hybridized carbons (Fsp3) is 0.471. The molecule has 4 nitrogen and oxygen atoms in total. The molecule has 2 heterocycles. The van der Waals surface area contributed by atoms with Gasteiger partial charge in [-0.2, -0.15) is 0 Å². The Bertz CT molecular complexity index is 741. The third-order valence-corrected chi connectivity index (χ3v) is 6.03. The summed E-state index contributed by atoms with van der Waals surface area (Å²) in [5.74, 6) is 0.559. The molecule has 0 aliphatic carbocycles. The molecule has 0 unspecified atom stereocenters. The van der Waals surface area contributed by atoms with Gasteiger partial charge in [0.25, 0.3) is 0 Å². The quantitative estimate of drug-likeness (QED) is 0.831. The number of sulfone groups is 1. The number of thiazole rings is 1. The van der Waals surface area contributed by atoms with Gasteiger partial charge >= 0.3 is 0 Å². The third-order valence-electron chi connectivity index (χ3n) is 4.12. The van der Waals surface area contributed by atoms with E-state index in [-0.39, 0.29) is 5.92 Å². The van der Waals surface area contributed by atoms with Crippen molar-refractivity contribution in [2.45, 2.75) is 19.4 Å². The van der Waals surface area contributed by atoms with Crippen LogP contribution in [-0.4, -0.2) is 43.4 Å². The van der Waals surface area contributed by atoms with Gasteiger partial charge in [-0.3, -0.25) is 4.90 Å². The first-order valence-electron chi connectivity index (χ1n) is 7.89. The number of hydrogen-bond acceptors (Lipinski definition) is 5. The van der Waals surface area contributed by atoms with E-state index in [1.165, 1.54) is 6.26 Å². The van der Waals surface area contributed by atoms with Crippen molar-refractivity contribution in [3.63, 3.8) is 0 Å². The predicted octanol–water partition coefficient (Wildman–Crippen LogP) is 3.07. The molecule has 6 heteroatoms. The third kappa shape index (κ3) is 4.86. The maximum Gasteiger partial charge on any atom is 0.147 e. The van der Waals surface area contributed by atoms with Crippen LogP contribution in [0.1, 0.15) is 17.8 Å². The minimum Gasteiger partial charge on any atom is -0.296 e. The van der Waals surface area contributed by atoms with Crippen LogP contribution >= 0.6 is 11.3 Å². The van der Waals surface area contributed by atoms with Gasteiger partial charge < -0.3 is 0 Å². The molecule has 0 N–H and O–H groups in total. The van der Waals surface area contributed by atoms with Crippen LogP contribution in [0, 0.1) is 5.92 Å². The van der Waals surface area contributed by atoms with Crippen molar-refractivity contribution in [3.8, 4) is 11.3 Å². The lowest BCUT2D eigenvalue weighted by atomic mass is 10.0. The Balaban J connectivity index is 1.62. The first kappa shape index (κ1) is 16.6. The topological polar surface area (TPSA) is 50.3 Å². The summed E-state index contributed by atoms with van der Waals surface area (Å²) in [5.41, 5.74) is 2.17. The molecule has 1 aromatic heterocycles. The Kier molecular flexibility index (Phi) is 5.14. The van der Waals surface area contributed by atoms with Gasteiger partial charge in [-0.05, 0) is 25.3 Å². The van der Waals surface area contributed by atoms with E-state index in [9.17, 15) is 8.42 Å². The fourth-order valence-corrected chi connectivity index (χ4v) is 5.15. The highest BCUT2D eigenvalue weighted by Crippen LogP contribution is 2.24. The lowest BCUT2D eigenvalue weighted by molar-refractivity contribution is 0.177. The molecule has 0 radical (unpaired) electrons. The van der Waals surface area contributed by atoms with Crippen molar-refractivity contribution >= 4 is 21.2 Å². The van der Waals surface area contributed by atoms with E-state index in [4.69, 9.17) is 4.98 Å². The second-order valence-electron chi connectivity index (χ2n) is 6.33. The molecule has 1 aliphatic rings. The number of nitrogens with zero attached hydrogens (tertiary/aromatic N) is 2. The van der Waals surface area contributed by atoms with E-state index >= 15 is 0 Å². The molecule has 1 atom stereocenters. The van der Waals surface area contributed by atoms with Crippen molar-refractivity contribution in [2.75, 3.05) is 25.1 Å². The van der Waals surface area contributed by atoms with Gasteiger partial charge in [0.15, 0.2) is 0 Å². The summed E-state index contributed by atoms with van der Waals surface area (Å²) in [6.07, 6.45) is 3.41. The number of benzene rings is 1. The van der Waals surface area contributed by atoms with Crippen LogP contribution in [0.2, 0.25) is 0 Å². The Morgan fingerprint density at radius 2 is 2.09 bits per heavy atom. The van der Waals surface area contributed by atoms with Crippen molar-refractivity contribution in [2.24, 2.45) is 5.92 Å². The summed E-state index contributed by atoms with van der Waals surface area (Å²) < 4.78 is 23.0. The van der Waals surface area contributed by atoms with Gasteiger partial charge in [0.1, 0.15) is 14.8 Å². The van der Waals surface area contributed by atoms with Gasteiger partial charge in [0.05, 0.1) is 18.0 Å². The zero-order valence-electron chi connectivity index (χ0n) is 13.3. The Morgan fingerprint density at radius 1 is 1.30 bits per heavy atom. The van der Waals surface area contributed by atoms with E-state index in [1.54, 1.807) is 11.3 Å². The summed E-state index contributed by atoms with van der Waals surface area (Å²) in [6.45, 7) is 2.70. The molecular formula is C17H22N2O2S2. The first-order chi connectivity index (χ1) is 11.0. The minimum atomic E-state index is -2.89. The minimum absolute atomic E-state index is 0.257. The number of hydrogen-bond donors (Lipinski definition) is 0. The lowest BCUT2D eigenvalue weighted by Gasteiger charge is -2.31. The molecule has 2 aromatic rings. The summed E-state index contributed by atoms with van der Waals surface area (Å²) in [5, 5.41) is 3.20. The van der Waals surface area contributed by atoms with Crippen LogP contribution in [0.15, 0.2) is 35.7 Å². The Labute approximate surface area is 142 Å². The van der Waals surface area contributed by atoms with Crippen molar-refractivity contribution in [1.29, 1.82) is 0 Å². The average Bonchev–Trinajstić information content (AvgIpc) is 2.95. The number of likely N-dealkylation sites (tertiary alicyclic amines) is 1. The van der Waals surface area contributed by atoms with Crippen LogP contribution in [-0.2, 0) is 16.4 Å². The molecule has 1 fully saturated rings. The van der Waals surface area contributed by atoms with Crippen molar-refractivity contribution in [1.82, 2.24) is 9.88 Å². The maximum atomic E-state index is 11.5. The van der Waals surface area contributed by atoms with E-state index < -0.39 is 9.84 Å². The molecule has 23 heavy (non-hydrogen) atoms. The van der Waals surface area contributed by atoms with E-state index in [0.29, 0.717) is 5.75 Å². The van der Waals surface area contributed by atoms with E-state index in [1.807, 2.05) is 18.2 Å². The molecule has 0 bridgehead atoms. The van der Waals surface area contributed by atoms with Crippen LogP contribution < -0.4 is 0 Å². The van der Waals surface area contributed by atoms with Gasteiger partial charge in [0, 0.05) is 23.7 Å². The van der Waals surface area contributed by atoms with Crippen LogP contribution in [0.4, 0.5) is 0 Å². The average molecular weight is 351 g/mol. The van der Waals surface area contributed by atoms with E-state index in [0.717, 1.165) is 48.7 Å². The number of rotatable bonds is 5. The molecule has 1 aromatic carbocycles. The van der Waals surface area contributed by atoms with Gasteiger partial charge in [-0.15, -0.1) is 11.3 Å².